The summed E-state index contributed by atoms with van der Waals surface area (Å²) in [6.45, 7) is 0. The van der Waals surface area contributed by atoms with Crippen LogP contribution in [0.2, 0.25) is 0 Å². The Kier molecular flexibility index (Phi) is 4.95. The fourth-order valence-electron chi connectivity index (χ4n) is 2.95. The summed E-state index contributed by atoms with van der Waals surface area (Å²) >= 11 is 0. The van der Waals surface area contributed by atoms with Gasteiger partial charge in [-0.2, -0.15) is 0 Å². The third-order valence-electron chi connectivity index (χ3n) is 4.28. The quantitative estimate of drug-likeness (QED) is 0.430. The lowest BCUT2D eigenvalue weighted by Crippen LogP contribution is -1.92. The first-order chi connectivity index (χ1) is 13.6. The van der Waals surface area contributed by atoms with Crippen molar-refractivity contribution in [2.24, 2.45) is 4.36 Å². The summed E-state index contributed by atoms with van der Waals surface area (Å²) in [6, 6.07) is 22.0. The predicted molar refractivity (Wildman–Crippen MR) is 115 cm³/mol. The topological polar surface area (TPSA) is 77.7 Å². The van der Waals surface area contributed by atoms with E-state index in [-0.39, 0.29) is 11.5 Å². The summed E-state index contributed by atoms with van der Waals surface area (Å²) in [5, 5.41) is 24.0. The van der Waals surface area contributed by atoms with Gasteiger partial charge in [-0.3, -0.25) is 4.98 Å². The minimum Gasteiger partial charge on any atom is -0.508 e. The van der Waals surface area contributed by atoms with Crippen LogP contribution in [0.15, 0.2) is 88.3 Å². The maximum atomic E-state index is 10.1. The Morgan fingerprint density at radius 3 is 2.61 bits per heavy atom. The molecule has 4 aromatic rings. The number of hydrogen-bond acceptors (Lipinski definition) is 5. The van der Waals surface area contributed by atoms with E-state index in [4.69, 9.17) is 4.36 Å². The Bertz CT molecular complexity index is 1190. The number of nitrogens with zero attached hydrogens (tertiary/aromatic N) is 2. The number of benzene rings is 3. The highest BCUT2D eigenvalue weighted by Gasteiger charge is 2.06. The second-order valence-electron chi connectivity index (χ2n) is 6.27. The molecule has 0 aliphatic carbocycles. The first-order valence-electron chi connectivity index (χ1n) is 8.71. The fourth-order valence-corrected chi connectivity index (χ4v) is 4.13. The van der Waals surface area contributed by atoms with Crippen molar-refractivity contribution < 1.29 is 10.2 Å². The molecule has 28 heavy (non-hydrogen) atoms. The molecule has 140 valence electrons. The molecule has 0 aliphatic heterocycles. The number of aromatic nitrogens is 1. The summed E-state index contributed by atoms with van der Waals surface area (Å²) in [7, 11) is -0.485. The maximum Gasteiger partial charge on any atom is 0.130 e. The third kappa shape index (κ3) is 3.82. The van der Waals surface area contributed by atoms with Gasteiger partial charge in [-0.25, -0.2) is 4.36 Å². The molecule has 0 spiro atoms. The second-order valence-corrected chi connectivity index (χ2v) is 7.85. The highest BCUT2D eigenvalue weighted by atomic mass is 32.2. The van der Waals surface area contributed by atoms with E-state index in [1.165, 1.54) is 0 Å². The number of nitrogens with one attached hydrogen (secondary N) is 1. The predicted octanol–water partition coefficient (Wildman–Crippen LogP) is 5.51. The molecule has 3 N–H and O–H groups in total. The van der Waals surface area contributed by atoms with Crippen molar-refractivity contribution in [2.45, 2.75) is 4.90 Å². The van der Waals surface area contributed by atoms with Crippen molar-refractivity contribution in [1.29, 1.82) is 0 Å². The van der Waals surface area contributed by atoms with E-state index in [1.807, 2.05) is 48.7 Å². The number of pyridine rings is 1. The molecular weight excluding hydrogens is 370 g/mol. The highest BCUT2D eigenvalue weighted by molar-refractivity contribution is 7.86. The van der Waals surface area contributed by atoms with Gasteiger partial charge in [0.25, 0.3) is 0 Å². The van der Waals surface area contributed by atoms with Gasteiger partial charge < -0.3 is 15.5 Å². The molecule has 3 aromatic carbocycles. The Morgan fingerprint density at radius 1 is 0.929 bits per heavy atom. The smallest absolute Gasteiger partial charge is 0.130 e. The minimum atomic E-state index is -0.485. The van der Waals surface area contributed by atoms with Crippen LogP contribution in [-0.4, -0.2) is 21.5 Å². The van der Waals surface area contributed by atoms with E-state index < -0.39 is 10.7 Å². The number of anilines is 2. The Balaban J connectivity index is 1.74. The van der Waals surface area contributed by atoms with Crippen molar-refractivity contribution >= 4 is 38.7 Å². The van der Waals surface area contributed by atoms with Gasteiger partial charge in [-0.15, -0.1) is 0 Å². The number of aromatic hydroxyl groups is 2. The molecule has 0 saturated heterocycles. The van der Waals surface area contributed by atoms with Gasteiger partial charge in [0.1, 0.15) is 11.5 Å². The van der Waals surface area contributed by atoms with Crippen LogP contribution in [-0.2, 0) is 10.7 Å². The summed E-state index contributed by atoms with van der Waals surface area (Å²) in [5.41, 5.74) is 3.33. The van der Waals surface area contributed by atoms with Crippen LogP contribution in [0.1, 0.15) is 0 Å². The monoisotopic (exact) mass is 389 g/mol. The van der Waals surface area contributed by atoms with Crippen LogP contribution >= 0.6 is 0 Å². The second kappa shape index (κ2) is 7.70. The zero-order chi connectivity index (χ0) is 19.5. The van der Waals surface area contributed by atoms with Crippen LogP contribution in [0.5, 0.6) is 11.5 Å². The van der Waals surface area contributed by atoms with Gasteiger partial charge in [0.15, 0.2) is 0 Å². The van der Waals surface area contributed by atoms with Gasteiger partial charge in [0.2, 0.25) is 0 Å². The Morgan fingerprint density at radius 2 is 1.79 bits per heavy atom. The van der Waals surface area contributed by atoms with Gasteiger partial charge in [0, 0.05) is 29.0 Å². The zero-order valence-electron chi connectivity index (χ0n) is 15.2. The van der Waals surface area contributed by atoms with E-state index in [0.717, 1.165) is 32.9 Å². The molecule has 0 fully saturated rings. The van der Waals surface area contributed by atoms with Crippen molar-refractivity contribution in [3.8, 4) is 11.5 Å². The molecule has 0 aliphatic rings. The standard InChI is InChI=1S/C22H19N3O2S/c1-28(22-8-3-2-7-21(22)27)25-16-9-10-19-18(14-16)20(11-12-23-19)24-15-5-4-6-17(26)13-15/h2-14,26-27H,1H3,(H,23,24). The van der Waals surface area contributed by atoms with E-state index in [2.05, 4.69) is 10.3 Å². The van der Waals surface area contributed by atoms with Crippen LogP contribution in [0.3, 0.4) is 0 Å². The van der Waals surface area contributed by atoms with E-state index in [1.54, 1.807) is 36.5 Å². The van der Waals surface area contributed by atoms with Crippen molar-refractivity contribution in [3.63, 3.8) is 0 Å². The zero-order valence-corrected chi connectivity index (χ0v) is 16.0. The molecule has 0 saturated carbocycles. The van der Waals surface area contributed by atoms with E-state index >= 15 is 0 Å². The first kappa shape index (κ1) is 18.0. The molecule has 0 radical (unpaired) electrons. The molecular formula is C22H19N3O2S. The van der Waals surface area contributed by atoms with Crippen LogP contribution in [0.4, 0.5) is 17.1 Å². The molecule has 5 nitrogen and oxygen atoms in total. The number of hydrogen-bond donors (Lipinski definition) is 3. The number of phenols is 2. The van der Waals surface area contributed by atoms with E-state index in [9.17, 15) is 10.2 Å². The van der Waals surface area contributed by atoms with Crippen LogP contribution in [0, 0.1) is 0 Å². The third-order valence-corrected chi connectivity index (χ3v) is 5.74. The van der Waals surface area contributed by atoms with Gasteiger partial charge in [-0.05, 0) is 54.8 Å². The molecule has 1 heterocycles. The molecule has 6 heteroatoms. The molecule has 4 rings (SSSR count). The normalized spacial score (nSPS) is 12.2. The number of phenolic OH excluding ortho intramolecular Hbond substituents is 2. The first-order valence-corrected chi connectivity index (χ1v) is 10.3. The SMILES string of the molecule is CS(=Nc1ccc2nccc(Nc3cccc(O)c3)c2c1)c1ccccc1O. The van der Waals surface area contributed by atoms with Crippen molar-refractivity contribution in [3.05, 3.63) is 79.0 Å². The average molecular weight is 389 g/mol. The molecule has 0 bridgehead atoms. The lowest BCUT2D eigenvalue weighted by atomic mass is 10.1. The lowest BCUT2D eigenvalue weighted by Gasteiger charge is -2.11. The number of fused-ring (bicyclic) bond motifs is 1. The van der Waals surface area contributed by atoms with E-state index in [0.29, 0.717) is 0 Å². The summed E-state index contributed by atoms with van der Waals surface area (Å²) < 4.78 is 4.77. The average Bonchev–Trinajstić information content (AvgIpc) is 2.69. The molecule has 1 unspecified atom stereocenters. The summed E-state index contributed by atoms with van der Waals surface area (Å²) in [5.74, 6) is 0.461. The van der Waals surface area contributed by atoms with Gasteiger partial charge >= 0.3 is 0 Å². The number of para-hydroxylation sites is 1. The van der Waals surface area contributed by atoms with Crippen LogP contribution in [0.25, 0.3) is 10.9 Å². The summed E-state index contributed by atoms with van der Waals surface area (Å²) in [4.78, 5) is 5.24. The van der Waals surface area contributed by atoms with Gasteiger partial charge in [-0.1, -0.05) is 28.9 Å². The molecule has 1 atom stereocenters. The van der Waals surface area contributed by atoms with Gasteiger partial charge in [0.05, 0.1) is 16.1 Å². The summed E-state index contributed by atoms with van der Waals surface area (Å²) in [6.07, 6.45) is 3.73. The Hall–Kier alpha value is -3.38. The maximum absolute atomic E-state index is 10.1. The highest BCUT2D eigenvalue weighted by Crippen LogP contribution is 2.31. The van der Waals surface area contributed by atoms with Crippen LogP contribution < -0.4 is 5.32 Å². The van der Waals surface area contributed by atoms with Crippen molar-refractivity contribution in [2.75, 3.05) is 11.6 Å². The number of rotatable bonds is 4. The van der Waals surface area contributed by atoms with Crippen molar-refractivity contribution in [1.82, 2.24) is 4.98 Å². The molecule has 1 aromatic heterocycles. The fraction of sp³-hybridized carbons (Fsp3) is 0.0455. The largest absolute Gasteiger partial charge is 0.508 e. The Labute approximate surface area is 165 Å². The lowest BCUT2D eigenvalue weighted by molar-refractivity contribution is 0.462. The molecule has 0 amide bonds. The minimum absolute atomic E-state index is 0.205.